The number of likely N-dealkylation sites (N-methyl/N-ethyl adjacent to an activating group) is 1. The third-order valence-corrected chi connectivity index (χ3v) is 7.18. The number of hydrogen-bond donors (Lipinski definition) is 3. The van der Waals surface area contributed by atoms with Gasteiger partial charge in [0.05, 0.1) is 18.8 Å². The number of fused-ring (bicyclic) bond motifs is 1. The molecule has 0 bridgehead atoms. The van der Waals surface area contributed by atoms with Crippen LogP contribution in [0.4, 0.5) is 11.4 Å². The minimum absolute atomic E-state index is 0.109. The van der Waals surface area contributed by atoms with Crippen LogP contribution in [-0.2, 0) is 27.5 Å². The van der Waals surface area contributed by atoms with Gasteiger partial charge in [-0.3, -0.25) is 19.4 Å². The molecule has 0 saturated heterocycles. The highest BCUT2D eigenvalue weighted by atomic mass is 35.5. The molecule has 0 saturated carbocycles. The fourth-order valence-electron chi connectivity index (χ4n) is 4.73. The van der Waals surface area contributed by atoms with Crippen LogP contribution in [0.5, 0.6) is 11.5 Å². The Hall–Kier alpha value is -4.12. The van der Waals surface area contributed by atoms with Crippen LogP contribution in [0, 0.1) is 0 Å². The fraction of sp³-hybridized carbons (Fsp3) is 0.344. The van der Waals surface area contributed by atoms with E-state index in [-0.39, 0.29) is 30.8 Å². The van der Waals surface area contributed by atoms with E-state index in [9.17, 15) is 14.4 Å². The van der Waals surface area contributed by atoms with Gasteiger partial charge in [-0.05, 0) is 53.6 Å². The molecule has 0 radical (unpaired) electrons. The molecule has 0 unspecified atom stereocenters. The third-order valence-electron chi connectivity index (χ3n) is 6.93. The Balaban J connectivity index is 1.61. The van der Waals surface area contributed by atoms with E-state index in [0.717, 1.165) is 0 Å². The molecule has 0 aliphatic carbocycles. The minimum atomic E-state index is -0.253. The Morgan fingerprint density at radius 3 is 2.26 bits per heavy atom. The summed E-state index contributed by atoms with van der Waals surface area (Å²) < 4.78 is 6.21. The smallest absolute Gasteiger partial charge is 0.256 e. The summed E-state index contributed by atoms with van der Waals surface area (Å²) in [6, 6.07) is 20.4. The molecule has 3 amide bonds. The molecular weight excluding hydrogens is 568 g/mol. The molecule has 10 nitrogen and oxygen atoms in total. The number of hydrogen-bond acceptors (Lipinski definition) is 7. The summed E-state index contributed by atoms with van der Waals surface area (Å²) in [4.78, 5) is 40.4. The Labute approximate surface area is 257 Å². The zero-order chi connectivity index (χ0) is 30.9. The molecule has 1 heterocycles. The van der Waals surface area contributed by atoms with Crippen molar-refractivity contribution in [2.45, 2.75) is 39.9 Å². The van der Waals surface area contributed by atoms with Gasteiger partial charge in [0.1, 0.15) is 5.75 Å². The summed E-state index contributed by atoms with van der Waals surface area (Å²) >= 11 is 6.06. The zero-order valence-electron chi connectivity index (χ0n) is 25.0. The van der Waals surface area contributed by atoms with E-state index in [4.69, 9.17) is 16.3 Å². The van der Waals surface area contributed by atoms with Crippen molar-refractivity contribution in [1.29, 1.82) is 0 Å². The molecule has 11 heteroatoms. The first-order valence-electron chi connectivity index (χ1n) is 14.3. The maximum Gasteiger partial charge on any atom is 0.256 e. The number of rotatable bonds is 13. The van der Waals surface area contributed by atoms with Crippen molar-refractivity contribution in [3.8, 4) is 11.5 Å². The van der Waals surface area contributed by atoms with Gasteiger partial charge in [-0.25, -0.2) is 5.01 Å². The molecule has 43 heavy (non-hydrogen) atoms. The zero-order valence-corrected chi connectivity index (χ0v) is 25.8. The molecule has 0 aromatic heterocycles. The summed E-state index contributed by atoms with van der Waals surface area (Å²) in [6.45, 7) is 7.55. The number of amides is 3. The van der Waals surface area contributed by atoms with Crippen LogP contribution >= 0.6 is 11.6 Å². The lowest BCUT2D eigenvalue weighted by Gasteiger charge is -2.32. The Morgan fingerprint density at radius 2 is 1.63 bits per heavy atom. The molecule has 3 N–H and O–H groups in total. The van der Waals surface area contributed by atoms with Crippen LogP contribution in [0.2, 0.25) is 5.02 Å². The van der Waals surface area contributed by atoms with Gasteiger partial charge in [-0.1, -0.05) is 49.7 Å². The summed E-state index contributed by atoms with van der Waals surface area (Å²) in [6.07, 6.45) is 0. The second kappa shape index (κ2) is 14.9. The number of carbonyl (C=O) groups excluding carboxylic acids is 3. The van der Waals surface area contributed by atoms with Gasteiger partial charge >= 0.3 is 0 Å². The van der Waals surface area contributed by atoms with Gasteiger partial charge in [0.2, 0.25) is 11.8 Å². The number of anilines is 2. The highest BCUT2D eigenvalue weighted by Crippen LogP contribution is 2.35. The van der Waals surface area contributed by atoms with Crippen molar-refractivity contribution in [1.82, 2.24) is 20.7 Å². The molecule has 3 aromatic rings. The van der Waals surface area contributed by atoms with Crippen LogP contribution in [0.3, 0.4) is 0 Å². The average molecular weight is 607 g/mol. The molecule has 3 aromatic carbocycles. The SMILES string of the molecule is CC(=O)Nc1ccc(Oc2ccc(Cl)cc2)c(N(CC(=O)NCCNC(C)C)CC(=O)N(C)N2Cc3ccccc3C2)c1. The van der Waals surface area contributed by atoms with Gasteiger partial charge in [0.25, 0.3) is 5.91 Å². The fourth-order valence-corrected chi connectivity index (χ4v) is 4.86. The molecule has 0 fully saturated rings. The molecule has 0 atom stereocenters. The molecule has 1 aliphatic rings. The molecule has 228 valence electrons. The first-order chi connectivity index (χ1) is 20.6. The van der Waals surface area contributed by atoms with Crippen LogP contribution in [0.1, 0.15) is 31.9 Å². The predicted molar refractivity (Wildman–Crippen MR) is 169 cm³/mol. The second-order valence-electron chi connectivity index (χ2n) is 10.7. The van der Waals surface area contributed by atoms with E-state index in [1.165, 1.54) is 18.1 Å². The number of halogens is 1. The van der Waals surface area contributed by atoms with Gasteiger partial charge in [-0.2, -0.15) is 0 Å². The standard InChI is InChI=1S/C32H39ClN6O4/c1-22(2)34-15-16-35-31(41)20-38(21-32(42)37(4)39-18-24-7-5-6-8-25(24)19-39)29-17-27(36-23(3)40)11-14-30(29)43-28-12-9-26(33)10-13-28/h5-14,17,22,34H,15-16,18-21H2,1-4H3,(H,35,41)(H,36,40). The van der Waals surface area contributed by atoms with Crippen LogP contribution in [-0.4, -0.2) is 67.0 Å². The van der Waals surface area contributed by atoms with Crippen molar-refractivity contribution in [3.05, 3.63) is 82.9 Å². The van der Waals surface area contributed by atoms with E-state index in [0.29, 0.717) is 60.1 Å². The normalized spacial score (nSPS) is 12.5. The molecule has 1 aliphatic heterocycles. The largest absolute Gasteiger partial charge is 0.455 e. The summed E-state index contributed by atoms with van der Waals surface area (Å²) in [5, 5.41) is 13.1. The van der Waals surface area contributed by atoms with Crippen LogP contribution < -0.4 is 25.6 Å². The topological polar surface area (TPSA) is 106 Å². The maximum absolute atomic E-state index is 13.7. The van der Waals surface area contributed by atoms with E-state index in [2.05, 4.69) is 28.1 Å². The van der Waals surface area contributed by atoms with Crippen molar-refractivity contribution in [2.24, 2.45) is 0 Å². The molecule has 4 rings (SSSR count). The van der Waals surface area contributed by atoms with Gasteiger partial charge < -0.3 is 25.6 Å². The summed E-state index contributed by atoms with van der Waals surface area (Å²) in [5.41, 5.74) is 3.33. The predicted octanol–water partition coefficient (Wildman–Crippen LogP) is 4.40. The van der Waals surface area contributed by atoms with Crippen molar-refractivity contribution in [2.75, 3.05) is 43.4 Å². The first-order valence-corrected chi connectivity index (χ1v) is 14.6. The van der Waals surface area contributed by atoms with Crippen molar-refractivity contribution in [3.63, 3.8) is 0 Å². The number of nitrogens with zero attached hydrogens (tertiary/aromatic N) is 3. The quantitative estimate of drug-likeness (QED) is 0.248. The monoisotopic (exact) mass is 606 g/mol. The lowest BCUT2D eigenvalue weighted by Crippen LogP contribution is -2.48. The Morgan fingerprint density at radius 1 is 0.953 bits per heavy atom. The summed E-state index contributed by atoms with van der Waals surface area (Å²) in [7, 11) is 1.74. The number of benzene rings is 3. The number of nitrogens with one attached hydrogen (secondary N) is 3. The highest BCUT2D eigenvalue weighted by Gasteiger charge is 2.28. The number of carbonyl (C=O) groups is 3. The first kappa shape index (κ1) is 31.8. The van der Waals surface area contributed by atoms with Crippen molar-refractivity contribution >= 4 is 40.7 Å². The maximum atomic E-state index is 13.7. The average Bonchev–Trinajstić information content (AvgIpc) is 3.40. The van der Waals surface area contributed by atoms with Crippen LogP contribution in [0.25, 0.3) is 0 Å². The lowest BCUT2D eigenvalue weighted by atomic mass is 10.1. The second-order valence-corrected chi connectivity index (χ2v) is 11.2. The van der Waals surface area contributed by atoms with Crippen molar-refractivity contribution < 1.29 is 19.1 Å². The minimum Gasteiger partial charge on any atom is -0.455 e. The van der Waals surface area contributed by atoms with E-state index in [1.807, 2.05) is 31.0 Å². The Kier molecular flexibility index (Phi) is 11.0. The molecule has 0 spiro atoms. The highest BCUT2D eigenvalue weighted by molar-refractivity contribution is 6.30. The lowest BCUT2D eigenvalue weighted by molar-refractivity contribution is -0.145. The van der Waals surface area contributed by atoms with Gasteiger partial charge in [0, 0.05) is 56.9 Å². The van der Waals surface area contributed by atoms with E-state index < -0.39 is 0 Å². The van der Waals surface area contributed by atoms with E-state index in [1.54, 1.807) is 59.4 Å². The van der Waals surface area contributed by atoms with Gasteiger partial charge in [-0.15, -0.1) is 0 Å². The van der Waals surface area contributed by atoms with Crippen LogP contribution in [0.15, 0.2) is 66.7 Å². The van der Waals surface area contributed by atoms with Gasteiger partial charge in [0.15, 0.2) is 5.75 Å². The number of hydrazine groups is 1. The summed E-state index contributed by atoms with van der Waals surface area (Å²) in [5.74, 6) is 0.236. The molecular formula is C32H39ClN6O4. The van der Waals surface area contributed by atoms with E-state index >= 15 is 0 Å². The Bertz CT molecular complexity index is 1410. The number of ether oxygens (including phenoxy) is 1. The third kappa shape index (κ3) is 9.18.